The zero-order valence-electron chi connectivity index (χ0n) is 11.2. The van der Waals surface area contributed by atoms with Crippen LogP contribution in [0.3, 0.4) is 0 Å². The molecule has 0 spiro atoms. The van der Waals surface area contributed by atoms with Crippen LogP contribution in [-0.4, -0.2) is 0 Å². The number of ether oxygens (including phenoxy) is 1. The van der Waals surface area contributed by atoms with Crippen molar-refractivity contribution < 1.29 is 4.74 Å². The van der Waals surface area contributed by atoms with Crippen molar-refractivity contribution >= 4 is 0 Å². The second-order valence-electron chi connectivity index (χ2n) is 5.91. The van der Waals surface area contributed by atoms with Gasteiger partial charge in [0.05, 0.1) is 0 Å². The van der Waals surface area contributed by atoms with E-state index in [4.69, 9.17) is 4.74 Å². The Labute approximate surface area is 108 Å². The molecule has 0 radical (unpaired) electrons. The van der Waals surface area contributed by atoms with Crippen molar-refractivity contribution in [1.29, 1.82) is 0 Å². The summed E-state index contributed by atoms with van der Waals surface area (Å²) in [7, 11) is 0. The number of hydrogen-bond donors (Lipinski definition) is 0. The molecule has 0 saturated heterocycles. The maximum atomic E-state index is 5.89. The predicted molar refractivity (Wildman–Crippen MR) is 74.9 cm³/mol. The van der Waals surface area contributed by atoms with Crippen molar-refractivity contribution in [3.05, 3.63) is 53.6 Å². The van der Waals surface area contributed by atoms with Crippen LogP contribution in [0.4, 0.5) is 0 Å². The molecule has 0 aromatic heterocycles. The van der Waals surface area contributed by atoms with Gasteiger partial charge in [-0.3, -0.25) is 0 Å². The molecule has 2 aromatic carbocycles. The van der Waals surface area contributed by atoms with Gasteiger partial charge in [-0.15, -0.1) is 0 Å². The molecule has 0 amide bonds. The number of hydrogen-bond acceptors (Lipinski definition) is 1. The van der Waals surface area contributed by atoms with Gasteiger partial charge in [-0.2, -0.15) is 0 Å². The lowest BCUT2D eigenvalue weighted by molar-refractivity contribution is 0.301. The van der Waals surface area contributed by atoms with E-state index in [9.17, 15) is 0 Å². The first-order valence-electron chi connectivity index (χ1n) is 6.41. The third-order valence-corrected chi connectivity index (χ3v) is 3.54. The summed E-state index contributed by atoms with van der Waals surface area (Å²) < 4.78 is 5.89. The van der Waals surface area contributed by atoms with Gasteiger partial charge in [0, 0.05) is 5.56 Å². The highest BCUT2D eigenvalue weighted by molar-refractivity contribution is 5.75. The van der Waals surface area contributed by atoms with Crippen molar-refractivity contribution in [3.8, 4) is 16.9 Å². The number of fused-ring (bicyclic) bond motifs is 3. The van der Waals surface area contributed by atoms with Gasteiger partial charge < -0.3 is 4.74 Å². The van der Waals surface area contributed by atoms with Gasteiger partial charge in [-0.25, -0.2) is 0 Å². The monoisotopic (exact) mass is 238 g/mol. The summed E-state index contributed by atoms with van der Waals surface area (Å²) in [6.07, 6.45) is 0. The van der Waals surface area contributed by atoms with E-state index in [1.54, 1.807) is 0 Å². The van der Waals surface area contributed by atoms with Crippen LogP contribution in [0.2, 0.25) is 0 Å². The van der Waals surface area contributed by atoms with E-state index >= 15 is 0 Å². The lowest BCUT2D eigenvalue weighted by atomic mass is 9.85. The van der Waals surface area contributed by atoms with Gasteiger partial charge >= 0.3 is 0 Å². The standard InChI is InChI=1S/C17H18O/c1-17(2,3)13-8-9-15-14-7-5-4-6-12(14)11-18-16(15)10-13/h4-10H,11H2,1-3H3. The second-order valence-corrected chi connectivity index (χ2v) is 5.91. The molecule has 1 heteroatoms. The highest BCUT2D eigenvalue weighted by Gasteiger charge is 2.20. The van der Waals surface area contributed by atoms with Crippen LogP contribution in [0.25, 0.3) is 11.1 Å². The van der Waals surface area contributed by atoms with E-state index in [-0.39, 0.29) is 5.41 Å². The van der Waals surface area contributed by atoms with Gasteiger partial charge in [-0.1, -0.05) is 57.2 Å². The zero-order chi connectivity index (χ0) is 12.8. The summed E-state index contributed by atoms with van der Waals surface area (Å²) in [6.45, 7) is 7.36. The highest BCUT2D eigenvalue weighted by atomic mass is 16.5. The number of rotatable bonds is 0. The van der Waals surface area contributed by atoms with Crippen molar-refractivity contribution in [3.63, 3.8) is 0 Å². The predicted octanol–water partition coefficient (Wildman–Crippen LogP) is 4.54. The van der Waals surface area contributed by atoms with Gasteiger partial charge in [0.1, 0.15) is 12.4 Å². The van der Waals surface area contributed by atoms with Crippen LogP contribution in [-0.2, 0) is 12.0 Å². The molecule has 0 fully saturated rings. The van der Waals surface area contributed by atoms with Crippen LogP contribution < -0.4 is 4.74 Å². The minimum absolute atomic E-state index is 0.162. The van der Waals surface area contributed by atoms with E-state index in [0.29, 0.717) is 6.61 Å². The Kier molecular flexibility index (Phi) is 2.44. The quantitative estimate of drug-likeness (QED) is 0.654. The minimum Gasteiger partial charge on any atom is -0.488 e. The first-order valence-corrected chi connectivity index (χ1v) is 6.41. The van der Waals surface area contributed by atoms with Crippen LogP contribution in [0.5, 0.6) is 5.75 Å². The first kappa shape index (κ1) is 11.3. The molecule has 0 N–H and O–H groups in total. The van der Waals surface area contributed by atoms with Crippen LogP contribution in [0.15, 0.2) is 42.5 Å². The highest BCUT2D eigenvalue weighted by Crippen LogP contribution is 2.39. The largest absolute Gasteiger partial charge is 0.488 e. The Bertz CT molecular complexity index is 591. The minimum atomic E-state index is 0.162. The Morgan fingerprint density at radius 2 is 1.72 bits per heavy atom. The Morgan fingerprint density at radius 1 is 0.944 bits per heavy atom. The van der Waals surface area contributed by atoms with Gasteiger partial charge in [0.15, 0.2) is 0 Å². The molecule has 0 saturated carbocycles. The third kappa shape index (κ3) is 1.80. The van der Waals surface area contributed by atoms with Gasteiger partial charge in [-0.05, 0) is 28.2 Å². The zero-order valence-corrected chi connectivity index (χ0v) is 11.2. The fraction of sp³-hybridized carbons (Fsp3) is 0.294. The lowest BCUT2D eigenvalue weighted by Gasteiger charge is -2.25. The molecule has 1 heterocycles. The number of benzene rings is 2. The molecule has 0 aliphatic carbocycles. The van der Waals surface area contributed by atoms with Crippen molar-refractivity contribution in [1.82, 2.24) is 0 Å². The summed E-state index contributed by atoms with van der Waals surface area (Å²) >= 11 is 0. The van der Waals surface area contributed by atoms with Crippen LogP contribution >= 0.6 is 0 Å². The van der Waals surface area contributed by atoms with Crippen molar-refractivity contribution in [2.24, 2.45) is 0 Å². The molecule has 18 heavy (non-hydrogen) atoms. The van der Waals surface area contributed by atoms with Gasteiger partial charge in [0.25, 0.3) is 0 Å². The summed E-state index contributed by atoms with van der Waals surface area (Å²) in [5.41, 5.74) is 5.27. The fourth-order valence-corrected chi connectivity index (χ4v) is 2.40. The normalized spacial score (nSPS) is 13.5. The van der Waals surface area contributed by atoms with E-state index in [1.165, 1.54) is 22.3 Å². The Balaban J connectivity index is 2.14. The van der Waals surface area contributed by atoms with Crippen molar-refractivity contribution in [2.75, 3.05) is 0 Å². The average Bonchev–Trinajstić information content (AvgIpc) is 2.37. The summed E-state index contributed by atoms with van der Waals surface area (Å²) in [5.74, 6) is 1.01. The Morgan fingerprint density at radius 3 is 2.50 bits per heavy atom. The fourth-order valence-electron chi connectivity index (χ4n) is 2.40. The third-order valence-electron chi connectivity index (χ3n) is 3.54. The van der Waals surface area contributed by atoms with E-state index in [0.717, 1.165) is 5.75 Å². The molecule has 0 unspecified atom stereocenters. The van der Waals surface area contributed by atoms with Gasteiger partial charge in [0.2, 0.25) is 0 Å². The molecular weight excluding hydrogens is 220 g/mol. The first-order chi connectivity index (χ1) is 8.55. The van der Waals surface area contributed by atoms with E-state index < -0.39 is 0 Å². The summed E-state index contributed by atoms with van der Waals surface area (Å²) in [5, 5.41) is 0. The molecule has 1 nitrogen and oxygen atoms in total. The molecule has 1 aliphatic rings. The topological polar surface area (TPSA) is 9.23 Å². The molecule has 0 bridgehead atoms. The van der Waals surface area contributed by atoms with E-state index in [2.05, 4.69) is 63.2 Å². The molecule has 2 aromatic rings. The SMILES string of the molecule is CC(C)(C)c1ccc2c(c1)OCc1ccccc1-2. The second kappa shape index (κ2) is 3.88. The Hall–Kier alpha value is -1.76. The van der Waals surface area contributed by atoms with Crippen molar-refractivity contribution in [2.45, 2.75) is 32.8 Å². The lowest BCUT2D eigenvalue weighted by Crippen LogP contribution is -2.12. The molecular formula is C17H18O. The van der Waals surface area contributed by atoms with Crippen LogP contribution in [0, 0.1) is 0 Å². The maximum Gasteiger partial charge on any atom is 0.127 e. The maximum absolute atomic E-state index is 5.89. The molecule has 1 aliphatic heterocycles. The molecule has 0 atom stereocenters. The average molecular weight is 238 g/mol. The summed E-state index contributed by atoms with van der Waals surface area (Å²) in [6, 6.07) is 15.1. The van der Waals surface area contributed by atoms with E-state index in [1.807, 2.05) is 0 Å². The van der Waals surface area contributed by atoms with Crippen LogP contribution in [0.1, 0.15) is 31.9 Å². The smallest absolute Gasteiger partial charge is 0.127 e. The summed E-state index contributed by atoms with van der Waals surface area (Å²) in [4.78, 5) is 0. The molecule has 3 rings (SSSR count). The molecule has 92 valence electrons.